The number of hydrogen-bond acceptors (Lipinski definition) is 0. The van der Waals surface area contributed by atoms with Crippen molar-refractivity contribution in [1.29, 1.82) is 0 Å². The Hall–Kier alpha value is -4.17. The van der Waals surface area contributed by atoms with Crippen molar-refractivity contribution in [3.05, 3.63) is 194 Å². The zero-order valence-corrected chi connectivity index (χ0v) is 30.4. The monoisotopic (exact) mass is 648 g/mol. The summed E-state index contributed by atoms with van der Waals surface area (Å²) in [6, 6.07) is 46.9. The van der Waals surface area contributed by atoms with Gasteiger partial charge in [-0.15, -0.1) is 11.1 Å². The van der Waals surface area contributed by atoms with E-state index >= 15 is 0 Å². The predicted molar refractivity (Wildman–Crippen MR) is 206 cm³/mol. The highest BCUT2D eigenvalue weighted by molar-refractivity contribution is 7.41. The standard InChI is InChI=1S/C45H45ClSi/c1-31-22-34(4)43(40(25-31)28-37-16-10-7-11-17-37)47(46,44-35(5)23-32(2)26-41(44)29-38-18-12-8-13-19-38)45-36(6)24-33(3)27-42(45)30-39-20-14-9-15-21-39/h7-27H,28-30H2,1-6H3. The summed E-state index contributed by atoms with van der Waals surface area (Å²) in [6.45, 7) is 13.5. The Morgan fingerprint density at radius 3 is 0.894 bits per heavy atom. The molecule has 0 unspecified atom stereocenters. The Bertz CT molecular complexity index is 1780. The van der Waals surface area contributed by atoms with E-state index in [1.807, 2.05) is 0 Å². The molecule has 0 spiro atoms. The van der Waals surface area contributed by atoms with Crippen molar-refractivity contribution in [3.63, 3.8) is 0 Å². The molecule has 0 amide bonds. The Morgan fingerprint density at radius 2 is 0.638 bits per heavy atom. The molecule has 0 aliphatic rings. The summed E-state index contributed by atoms with van der Waals surface area (Å²) in [4.78, 5) is 0. The Kier molecular flexibility index (Phi) is 9.69. The maximum Gasteiger partial charge on any atom is 0.249 e. The number of aryl methyl sites for hydroxylation is 6. The number of hydrogen-bond donors (Lipinski definition) is 0. The summed E-state index contributed by atoms with van der Waals surface area (Å²) in [5.41, 5.74) is 15.6. The molecular formula is C45H45ClSi. The summed E-state index contributed by atoms with van der Waals surface area (Å²) in [5, 5.41) is 4.03. The maximum atomic E-state index is 8.84. The van der Waals surface area contributed by atoms with Gasteiger partial charge < -0.3 is 0 Å². The molecule has 6 rings (SSSR count). The van der Waals surface area contributed by atoms with E-state index in [-0.39, 0.29) is 0 Å². The summed E-state index contributed by atoms with van der Waals surface area (Å²) in [6.07, 6.45) is 2.54. The lowest BCUT2D eigenvalue weighted by molar-refractivity contribution is 1.17. The zero-order chi connectivity index (χ0) is 33.1. The average molecular weight is 649 g/mol. The molecule has 0 atom stereocenters. The van der Waals surface area contributed by atoms with Crippen LogP contribution < -0.4 is 15.6 Å². The number of halogens is 1. The highest BCUT2D eigenvalue weighted by atomic mass is 35.6. The molecule has 0 nitrogen and oxygen atoms in total. The van der Waals surface area contributed by atoms with Gasteiger partial charge in [0.05, 0.1) is 0 Å². The van der Waals surface area contributed by atoms with Crippen LogP contribution in [0.3, 0.4) is 0 Å². The molecule has 2 heteroatoms. The lowest BCUT2D eigenvalue weighted by Gasteiger charge is -2.36. The van der Waals surface area contributed by atoms with Gasteiger partial charge in [0.1, 0.15) is 0 Å². The predicted octanol–water partition coefficient (Wildman–Crippen LogP) is 9.52. The maximum absolute atomic E-state index is 8.84. The van der Waals surface area contributed by atoms with Gasteiger partial charge in [-0.2, -0.15) is 0 Å². The fourth-order valence-corrected chi connectivity index (χ4v) is 14.7. The summed E-state index contributed by atoms with van der Waals surface area (Å²) in [7, 11) is -3.20. The first kappa shape index (κ1) is 32.8. The van der Waals surface area contributed by atoms with Gasteiger partial charge in [0, 0.05) is 0 Å². The largest absolute Gasteiger partial charge is 0.249 e. The third-order valence-corrected chi connectivity index (χ3v) is 15.3. The fraction of sp³-hybridized carbons (Fsp3) is 0.200. The molecule has 0 aliphatic carbocycles. The summed E-state index contributed by atoms with van der Waals surface area (Å²) < 4.78 is 0. The minimum Gasteiger partial charge on any atom is -0.149 e. The molecule has 0 N–H and O–H groups in total. The molecule has 0 radical (unpaired) electrons. The molecule has 47 heavy (non-hydrogen) atoms. The van der Waals surface area contributed by atoms with Crippen molar-refractivity contribution in [2.45, 2.75) is 60.8 Å². The Labute approximate surface area is 287 Å². The van der Waals surface area contributed by atoms with Crippen LogP contribution >= 0.6 is 11.1 Å². The first-order valence-electron chi connectivity index (χ1n) is 16.8. The van der Waals surface area contributed by atoms with Gasteiger partial charge in [-0.3, -0.25) is 0 Å². The van der Waals surface area contributed by atoms with Gasteiger partial charge in [-0.25, -0.2) is 0 Å². The van der Waals surface area contributed by atoms with Crippen molar-refractivity contribution < 1.29 is 0 Å². The van der Waals surface area contributed by atoms with E-state index in [1.165, 1.54) is 82.3 Å². The number of rotatable bonds is 9. The van der Waals surface area contributed by atoms with Crippen LogP contribution in [0.5, 0.6) is 0 Å². The number of benzene rings is 6. The van der Waals surface area contributed by atoms with E-state index in [2.05, 4.69) is 169 Å². The van der Waals surface area contributed by atoms with Crippen LogP contribution in [0, 0.1) is 41.5 Å². The topological polar surface area (TPSA) is 0 Å². The van der Waals surface area contributed by atoms with Crippen molar-refractivity contribution in [3.8, 4) is 0 Å². The molecule has 0 aliphatic heterocycles. The first-order chi connectivity index (χ1) is 22.6. The van der Waals surface area contributed by atoms with E-state index in [9.17, 15) is 0 Å². The van der Waals surface area contributed by atoms with Crippen LogP contribution in [-0.4, -0.2) is 7.38 Å². The smallest absolute Gasteiger partial charge is 0.149 e. The molecule has 6 aromatic rings. The first-order valence-corrected chi connectivity index (χ1v) is 19.8. The second kappa shape index (κ2) is 13.9. The van der Waals surface area contributed by atoms with Gasteiger partial charge in [-0.05, 0) is 126 Å². The fourth-order valence-electron chi connectivity index (χ4n) is 7.89. The summed E-state index contributed by atoms with van der Waals surface area (Å²) in [5.74, 6) is 0. The van der Waals surface area contributed by atoms with Crippen LogP contribution in [0.25, 0.3) is 0 Å². The minimum absolute atomic E-state index is 0.845. The van der Waals surface area contributed by atoms with E-state index in [1.54, 1.807) is 0 Å². The van der Waals surface area contributed by atoms with Crippen LogP contribution in [0.4, 0.5) is 0 Å². The molecule has 236 valence electrons. The van der Waals surface area contributed by atoms with Crippen LogP contribution in [-0.2, 0) is 19.3 Å². The average Bonchev–Trinajstić information content (AvgIpc) is 3.01. The molecule has 0 aromatic heterocycles. The van der Waals surface area contributed by atoms with E-state index < -0.39 is 7.38 Å². The van der Waals surface area contributed by atoms with Gasteiger partial charge in [0.2, 0.25) is 7.38 Å². The zero-order valence-electron chi connectivity index (χ0n) is 28.6. The molecule has 0 saturated carbocycles. The highest BCUT2D eigenvalue weighted by Gasteiger charge is 2.45. The second-order valence-corrected chi connectivity index (χ2v) is 18.0. The van der Waals surface area contributed by atoms with Crippen LogP contribution in [0.1, 0.15) is 66.8 Å². The quantitative estimate of drug-likeness (QED) is 0.0832. The highest BCUT2D eigenvalue weighted by Crippen LogP contribution is 2.28. The van der Waals surface area contributed by atoms with Gasteiger partial charge >= 0.3 is 0 Å². The normalized spacial score (nSPS) is 11.6. The van der Waals surface area contributed by atoms with E-state index in [0.717, 1.165) is 19.3 Å². The molecule has 0 fully saturated rings. The van der Waals surface area contributed by atoms with Crippen LogP contribution in [0.2, 0.25) is 0 Å². The SMILES string of the molecule is Cc1cc(C)c([Si](Cl)(c2c(C)cc(C)cc2Cc2ccccc2)c2c(C)cc(C)cc2Cc2ccccc2)c(Cc2ccccc2)c1. The molecule has 0 bridgehead atoms. The Morgan fingerprint density at radius 1 is 0.383 bits per heavy atom. The van der Waals surface area contributed by atoms with Crippen molar-refractivity contribution in [1.82, 2.24) is 0 Å². The third-order valence-electron chi connectivity index (χ3n) is 9.43. The van der Waals surface area contributed by atoms with E-state index in [4.69, 9.17) is 11.1 Å². The van der Waals surface area contributed by atoms with Gasteiger partial charge in [0.15, 0.2) is 0 Å². The van der Waals surface area contributed by atoms with Crippen molar-refractivity contribution in [2.75, 3.05) is 0 Å². The van der Waals surface area contributed by atoms with Crippen LogP contribution in [0.15, 0.2) is 127 Å². The molecule has 0 heterocycles. The lowest BCUT2D eigenvalue weighted by atomic mass is 9.99. The minimum atomic E-state index is -3.20. The third kappa shape index (κ3) is 6.93. The van der Waals surface area contributed by atoms with Gasteiger partial charge in [0.25, 0.3) is 0 Å². The van der Waals surface area contributed by atoms with E-state index in [0.29, 0.717) is 0 Å². The van der Waals surface area contributed by atoms with Crippen molar-refractivity contribution >= 4 is 34.0 Å². The molecule has 6 aromatic carbocycles. The van der Waals surface area contributed by atoms with Gasteiger partial charge in [-0.1, -0.05) is 144 Å². The lowest BCUT2D eigenvalue weighted by Crippen LogP contribution is -2.68. The second-order valence-electron chi connectivity index (χ2n) is 13.5. The molecule has 0 saturated heterocycles. The van der Waals surface area contributed by atoms with Crippen molar-refractivity contribution in [2.24, 2.45) is 0 Å². The Balaban J connectivity index is 1.72. The summed E-state index contributed by atoms with van der Waals surface area (Å²) >= 11 is 8.84. The molecular weight excluding hydrogens is 604 g/mol.